The smallest absolute Gasteiger partial charge is 0.419 e. The maximum atomic E-state index is 13.4. The monoisotopic (exact) mass is 480 g/mol. The molecule has 2 N–H and O–H groups in total. The van der Waals surface area contributed by atoms with Gasteiger partial charge in [0, 0.05) is 30.3 Å². The first-order chi connectivity index (χ1) is 16.7. The summed E-state index contributed by atoms with van der Waals surface area (Å²) in [5, 5.41) is 0.581. The van der Waals surface area contributed by atoms with Crippen LogP contribution in [0.4, 0.5) is 19.0 Å². The lowest BCUT2D eigenvalue weighted by atomic mass is 10.0. The van der Waals surface area contributed by atoms with Gasteiger partial charge in [-0.3, -0.25) is 14.1 Å². The van der Waals surface area contributed by atoms with Crippen LogP contribution >= 0.6 is 0 Å². The van der Waals surface area contributed by atoms with Gasteiger partial charge in [-0.1, -0.05) is 6.07 Å². The molecule has 4 heterocycles. The van der Waals surface area contributed by atoms with E-state index in [9.17, 15) is 18.0 Å². The Morgan fingerprint density at radius 1 is 1.00 bits per heavy atom. The van der Waals surface area contributed by atoms with Crippen molar-refractivity contribution in [3.8, 4) is 22.7 Å². The van der Waals surface area contributed by atoms with Crippen molar-refractivity contribution in [2.75, 3.05) is 12.3 Å². The molecule has 11 heteroatoms. The first kappa shape index (κ1) is 22.4. The molecule has 8 nitrogen and oxygen atoms in total. The third kappa shape index (κ3) is 3.74. The Hall–Kier alpha value is -4.41. The normalized spacial score (nSPS) is 11.9. The Morgan fingerprint density at radius 3 is 2.49 bits per heavy atom. The predicted octanol–water partition coefficient (Wildman–Crippen LogP) is 4.33. The molecule has 0 fully saturated rings. The number of nitrogens with zero attached hydrogens (tertiary/aromatic N) is 5. The minimum Gasteiger partial charge on any atom is -0.478 e. The summed E-state index contributed by atoms with van der Waals surface area (Å²) in [5.41, 5.74) is 7.01. The van der Waals surface area contributed by atoms with E-state index in [2.05, 4.69) is 15.0 Å². The number of anilines is 1. The molecule has 0 amide bonds. The van der Waals surface area contributed by atoms with Gasteiger partial charge in [0.15, 0.2) is 0 Å². The van der Waals surface area contributed by atoms with E-state index in [-0.39, 0.29) is 11.3 Å². The first-order valence-electron chi connectivity index (χ1n) is 10.6. The van der Waals surface area contributed by atoms with Crippen molar-refractivity contribution in [1.29, 1.82) is 0 Å². The highest BCUT2D eigenvalue weighted by Crippen LogP contribution is 2.36. The van der Waals surface area contributed by atoms with Gasteiger partial charge in [-0.25, -0.2) is 14.8 Å². The van der Waals surface area contributed by atoms with E-state index in [1.54, 1.807) is 43.6 Å². The third-order valence-corrected chi connectivity index (χ3v) is 5.71. The molecule has 0 unspecified atom stereocenters. The number of halogens is 3. The van der Waals surface area contributed by atoms with Crippen molar-refractivity contribution in [1.82, 2.24) is 24.1 Å². The van der Waals surface area contributed by atoms with Crippen LogP contribution in [0.3, 0.4) is 0 Å². The fourth-order valence-corrected chi connectivity index (χ4v) is 4.01. The van der Waals surface area contributed by atoms with Crippen LogP contribution in [0.15, 0.2) is 59.8 Å². The van der Waals surface area contributed by atoms with Crippen LogP contribution in [0.25, 0.3) is 38.8 Å². The molecule has 0 aliphatic rings. The average molecular weight is 480 g/mol. The molecule has 178 valence electrons. The molecule has 5 rings (SSSR count). The second-order valence-corrected chi connectivity index (χ2v) is 7.84. The lowest BCUT2D eigenvalue weighted by Crippen LogP contribution is -2.21. The highest BCUT2D eigenvalue weighted by molar-refractivity contribution is 6.04. The Kier molecular flexibility index (Phi) is 5.19. The zero-order chi connectivity index (χ0) is 24.9. The number of pyridine rings is 3. The highest BCUT2D eigenvalue weighted by Gasteiger charge is 2.34. The van der Waals surface area contributed by atoms with Gasteiger partial charge in [-0.2, -0.15) is 13.2 Å². The van der Waals surface area contributed by atoms with Gasteiger partial charge in [0.2, 0.25) is 5.88 Å². The molecule has 0 saturated heterocycles. The number of ether oxygens (including phenoxy) is 1. The summed E-state index contributed by atoms with van der Waals surface area (Å²) >= 11 is 0. The van der Waals surface area contributed by atoms with Crippen molar-refractivity contribution in [3.05, 3.63) is 71.0 Å². The number of hydrogen-bond donors (Lipinski definition) is 1. The second-order valence-electron chi connectivity index (χ2n) is 7.84. The van der Waals surface area contributed by atoms with Gasteiger partial charge < -0.3 is 10.5 Å². The fraction of sp³-hybridized carbons (Fsp3) is 0.167. The maximum Gasteiger partial charge on any atom is 0.419 e. The van der Waals surface area contributed by atoms with Crippen LogP contribution in [0.2, 0.25) is 0 Å². The van der Waals surface area contributed by atoms with Crippen LogP contribution in [-0.2, 0) is 13.2 Å². The molecule has 5 aromatic rings. The van der Waals surface area contributed by atoms with Gasteiger partial charge in [-0.05, 0) is 36.8 Å². The molecular formula is C24H19F3N6O2. The van der Waals surface area contributed by atoms with E-state index in [0.29, 0.717) is 45.7 Å². The number of rotatable bonds is 4. The van der Waals surface area contributed by atoms with Gasteiger partial charge in [0.1, 0.15) is 5.82 Å². The van der Waals surface area contributed by atoms with Crippen LogP contribution in [-0.4, -0.2) is 30.7 Å². The van der Waals surface area contributed by atoms with E-state index < -0.39 is 17.6 Å². The third-order valence-electron chi connectivity index (χ3n) is 5.71. The number of benzene rings is 1. The zero-order valence-electron chi connectivity index (χ0n) is 18.7. The Bertz CT molecular complexity index is 1640. The Morgan fingerprint density at radius 2 is 1.80 bits per heavy atom. The fourth-order valence-electron chi connectivity index (χ4n) is 4.01. The summed E-state index contributed by atoms with van der Waals surface area (Å²) in [6.07, 6.45) is -0.238. The topological polar surface area (TPSA) is 101 Å². The Balaban J connectivity index is 1.76. The van der Waals surface area contributed by atoms with E-state index in [4.69, 9.17) is 10.5 Å². The standard InChI is InChI=1S/C24H19F3N6O2/c1-3-35-20-7-5-15(11-30-20)33-21-16-8-13(14-9-17(24(25,26)27)22(28)31-10-14)4-6-18(16)29-12-19(21)32(2)23(33)34/h4-12H,3H2,1-2H3,(H2,28,31). The zero-order valence-corrected chi connectivity index (χ0v) is 18.7. The summed E-state index contributed by atoms with van der Waals surface area (Å²) < 4.78 is 48.5. The molecule has 35 heavy (non-hydrogen) atoms. The van der Waals surface area contributed by atoms with Crippen LogP contribution in [0, 0.1) is 0 Å². The van der Waals surface area contributed by atoms with Crippen molar-refractivity contribution < 1.29 is 17.9 Å². The molecule has 0 aliphatic heterocycles. The summed E-state index contributed by atoms with van der Waals surface area (Å²) in [5.74, 6) is -0.166. The largest absolute Gasteiger partial charge is 0.478 e. The predicted molar refractivity (Wildman–Crippen MR) is 125 cm³/mol. The van der Waals surface area contributed by atoms with Gasteiger partial charge in [0.25, 0.3) is 0 Å². The van der Waals surface area contributed by atoms with E-state index in [0.717, 1.165) is 6.07 Å². The maximum absolute atomic E-state index is 13.4. The van der Waals surface area contributed by atoms with Crippen LogP contribution in [0.5, 0.6) is 5.88 Å². The van der Waals surface area contributed by atoms with E-state index >= 15 is 0 Å². The van der Waals surface area contributed by atoms with Crippen molar-refractivity contribution in [3.63, 3.8) is 0 Å². The van der Waals surface area contributed by atoms with Crippen molar-refractivity contribution >= 4 is 27.8 Å². The number of imidazole rings is 1. The molecule has 0 saturated carbocycles. The number of aryl methyl sites for hydroxylation is 1. The van der Waals surface area contributed by atoms with Gasteiger partial charge >= 0.3 is 11.9 Å². The number of nitrogen functional groups attached to an aromatic ring is 1. The summed E-state index contributed by atoms with van der Waals surface area (Å²) in [6.45, 7) is 2.30. The minimum atomic E-state index is -4.64. The molecule has 0 bridgehead atoms. The van der Waals surface area contributed by atoms with Crippen molar-refractivity contribution in [2.45, 2.75) is 13.1 Å². The number of alkyl halides is 3. The SMILES string of the molecule is CCOc1ccc(-n2c(=O)n(C)c3cnc4ccc(-c5cnc(N)c(C(F)(F)F)c5)cc4c32)cn1. The van der Waals surface area contributed by atoms with Gasteiger partial charge in [-0.15, -0.1) is 0 Å². The lowest BCUT2D eigenvalue weighted by Gasteiger charge is -2.12. The number of hydrogen-bond acceptors (Lipinski definition) is 6. The number of aromatic nitrogens is 5. The Labute approximate surface area is 196 Å². The quantitative estimate of drug-likeness (QED) is 0.411. The average Bonchev–Trinajstić information content (AvgIpc) is 3.09. The molecule has 1 aromatic carbocycles. The summed E-state index contributed by atoms with van der Waals surface area (Å²) in [7, 11) is 1.63. The van der Waals surface area contributed by atoms with E-state index in [1.165, 1.54) is 21.5 Å². The van der Waals surface area contributed by atoms with E-state index in [1.807, 2.05) is 6.92 Å². The minimum absolute atomic E-state index is 0.234. The second kappa shape index (κ2) is 8.12. The first-order valence-corrected chi connectivity index (χ1v) is 10.6. The molecule has 0 spiro atoms. The van der Waals surface area contributed by atoms with Crippen molar-refractivity contribution in [2.24, 2.45) is 7.05 Å². The lowest BCUT2D eigenvalue weighted by molar-refractivity contribution is -0.137. The molecule has 0 aliphatic carbocycles. The van der Waals surface area contributed by atoms with Crippen LogP contribution in [0.1, 0.15) is 12.5 Å². The number of nitrogens with two attached hydrogens (primary N) is 1. The molecule has 0 atom stereocenters. The number of fused-ring (bicyclic) bond motifs is 3. The molecule has 0 radical (unpaired) electrons. The molecular weight excluding hydrogens is 461 g/mol. The molecule has 4 aromatic heterocycles. The van der Waals surface area contributed by atoms with Crippen LogP contribution < -0.4 is 16.2 Å². The summed E-state index contributed by atoms with van der Waals surface area (Å²) in [6, 6.07) is 9.37. The van der Waals surface area contributed by atoms with Gasteiger partial charge in [0.05, 0.1) is 46.8 Å². The highest BCUT2D eigenvalue weighted by atomic mass is 19.4. The summed E-state index contributed by atoms with van der Waals surface area (Å²) in [4.78, 5) is 25.6.